The van der Waals surface area contributed by atoms with Crippen molar-refractivity contribution < 1.29 is 32.2 Å². The van der Waals surface area contributed by atoms with Gasteiger partial charge in [-0.1, -0.05) is 12.1 Å². The second-order valence-electron chi connectivity index (χ2n) is 8.42. The minimum absolute atomic E-state index is 0.0624. The first-order chi connectivity index (χ1) is 18.2. The van der Waals surface area contributed by atoms with E-state index in [1.807, 2.05) is 11.0 Å². The molecule has 2 heterocycles. The van der Waals surface area contributed by atoms with Crippen LogP contribution < -0.4 is 4.74 Å². The maximum atomic E-state index is 13.6. The summed E-state index contributed by atoms with van der Waals surface area (Å²) in [7, 11) is 4.55. The van der Waals surface area contributed by atoms with Crippen molar-refractivity contribution in [3.8, 4) is 5.75 Å². The van der Waals surface area contributed by atoms with Crippen LogP contribution in [0.25, 0.3) is 17.0 Å². The van der Waals surface area contributed by atoms with Crippen LogP contribution in [-0.4, -0.2) is 73.4 Å². The van der Waals surface area contributed by atoms with Crippen LogP contribution in [-0.2, 0) is 27.0 Å². The summed E-state index contributed by atoms with van der Waals surface area (Å²) >= 11 is 1.28. The molecule has 0 saturated carbocycles. The third-order valence-corrected chi connectivity index (χ3v) is 6.96. The van der Waals surface area contributed by atoms with Gasteiger partial charge >= 0.3 is 6.18 Å². The minimum atomic E-state index is -4.53. The van der Waals surface area contributed by atoms with Crippen LogP contribution in [0.3, 0.4) is 0 Å². The Kier molecular flexibility index (Phi) is 8.75. The van der Waals surface area contributed by atoms with E-state index in [0.29, 0.717) is 41.9 Å². The highest BCUT2D eigenvalue weighted by Gasteiger charge is 2.34. The predicted octanol–water partition coefficient (Wildman–Crippen LogP) is 4.68. The zero-order chi connectivity index (χ0) is 27.3. The summed E-state index contributed by atoms with van der Waals surface area (Å²) in [5, 5.41) is 5.63. The smallest absolute Gasteiger partial charge is 0.416 e. The van der Waals surface area contributed by atoms with Gasteiger partial charge in [0.1, 0.15) is 5.75 Å². The number of alkyl halides is 3. The first kappa shape index (κ1) is 27.7. The van der Waals surface area contributed by atoms with Gasteiger partial charge in [0.25, 0.3) is 5.91 Å². The van der Waals surface area contributed by atoms with Crippen molar-refractivity contribution in [2.75, 3.05) is 47.6 Å². The number of hydrogen-bond acceptors (Lipinski definition) is 7. The van der Waals surface area contributed by atoms with Gasteiger partial charge < -0.3 is 19.1 Å². The lowest BCUT2D eigenvalue weighted by Gasteiger charge is -2.22. The lowest BCUT2D eigenvalue weighted by molar-refractivity contribution is -0.138. The number of methoxy groups -OCH3 is 3. The Labute approximate surface area is 222 Å². The quantitative estimate of drug-likeness (QED) is 0.341. The van der Waals surface area contributed by atoms with Crippen molar-refractivity contribution in [2.24, 2.45) is 4.99 Å². The van der Waals surface area contributed by atoms with Gasteiger partial charge in [-0.2, -0.15) is 23.3 Å². The molecule has 0 N–H and O–H groups in total. The number of halogens is 3. The Hall–Kier alpha value is -3.35. The molecular formula is C26H27F3N4O4S. The molecule has 0 saturated heterocycles. The van der Waals surface area contributed by atoms with E-state index in [9.17, 15) is 18.0 Å². The summed E-state index contributed by atoms with van der Waals surface area (Å²) in [6, 6.07) is 9.30. The summed E-state index contributed by atoms with van der Waals surface area (Å²) < 4.78 is 57.7. The monoisotopic (exact) mass is 548 g/mol. The predicted molar refractivity (Wildman–Crippen MR) is 140 cm³/mol. The van der Waals surface area contributed by atoms with Gasteiger partial charge in [0.2, 0.25) is 0 Å². The zero-order valence-corrected chi connectivity index (χ0v) is 21.9. The molecule has 0 spiro atoms. The van der Waals surface area contributed by atoms with Crippen LogP contribution in [0, 0.1) is 0 Å². The van der Waals surface area contributed by atoms with E-state index in [1.54, 1.807) is 38.6 Å². The molecule has 2 aromatic carbocycles. The third-order valence-electron chi connectivity index (χ3n) is 5.92. The van der Waals surface area contributed by atoms with E-state index in [4.69, 9.17) is 14.2 Å². The van der Waals surface area contributed by atoms with Crippen molar-refractivity contribution in [1.82, 2.24) is 14.7 Å². The van der Waals surface area contributed by atoms with Crippen molar-refractivity contribution in [1.29, 1.82) is 0 Å². The van der Waals surface area contributed by atoms with Crippen LogP contribution in [0.1, 0.15) is 16.7 Å². The zero-order valence-electron chi connectivity index (χ0n) is 21.1. The number of carbonyl (C=O) groups excluding carboxylic acids is 1. The SMILES string of the molecule is COCCN(CCOC)C1=NC(=O)/C(=C/c2ccc3c(cnn3Cc3ccc(OC)cc3C(F)(F)F)c2)S1. The normalized spacial score (nSPS) is 14.9. The first-order valence-electron chi connectivity index (χ1n) is 11.7. The van der Waals surface area contributed by atoms with Gasteiger partial charge in [0.05, 0.1) is 49.1 Å². The van der Waals surface area contributed by atoms with E-state index in [0.717, 1.165) is 17.0 Å². The molecule has 0 fully saturated rings. The van der Waals surface area contributed by atoms with Crippen molar-refractivity contribution in [3.63, 3.8) is 0 Å². The summed E-state index contributed by atoms with van der Waals surface area (Å²) in [5.41, 5.74) is 0.743. The van der Waals surface area contributed by atoms with Gasteiger partial charge in [-0.25, -0.2) is 0 Å². The highest BCUT2D eigenvalue weighted by Crippen LogP contribution is 2.35. The number of amidine groups is 1. The Balaban J connectivity index is 1.54. The van der Waals surface area contributed by atoms with Crippen molar-refractivity contribution >= 4 is 39.8 Å². The summed E-state index contributed by atoms with van der Waals surface area (Å²) in [6.45, 7) is 2.05. The Morgan fingerprint density at radius 1 is 1.05 bits per heavy atom. The molecule has 0 radical (unpaired) electrons. The number of hydrogen-bond donors (Lipinski definition) is 0. The lowest BCUT2D eigenvalue weighted by atomic mass is 10.1. The number of carbonyl (C=O) groups is 1. The lowest BCUT2D eigenvalue weighted by Crippen LogP contribution is -2.34. The average Bonchev–Trinajstić information content (AvgIpc) is 3.46. The number of benzene rings is 2. The van der Waals surface area contributed by atoms with Gasteiger partial charge in [0.15, 0.2) is 5.17 Å². The van der Waals surface area contributed by atoms with Crippen LogP contribution in [0.15, 0.2) is 52.5 Å². The number of aromatic nitrogens is 2. The van der Waals surface area contributed by atoms with Gasteiger partial charge in [-0.05, 0) is 53.2 Å². The van der Waals surface area contributed by atoms with Crippen LogP contribution in [0.2, 0.25) is 0 Å². The molecule has 1 aliphatic rings. The fraction of sp³-hybridized carbons (Fsp3) is 0.346. The molecule has 1 amide bonds. The van der Waals surface area contributed by atoms with Crippen LogP contribution in [0.5, 0.6) is 5.75 Å². The van der Waals surface area contributed by atoms with Gasteiger partial charge in [0, 0.05) is 32.7 Å². The molecule has 8 nitrogen and oxygen atoms in total. The number of amides is 1. The number of fused-ring (bicyclic) bond motifs is 1. The van der Waals surface area contributed by atoms with E-state index < -0.39 is 11.7 Å². The topological polar surface area (TPSA) is 78.2 Å². The molecular weight excluding hydrogens is 521 g/mol. The minimum Gasteiger partial charge on any atom is -0.497 e. The molecule has 3 aromatic rings. The fourth-order valence-electron chi connectivity index (χ4n) is 3.96. The second-order valence-corrected chi connectivity index (χ2v) is 9.43. The third kappa shape index (κ3) is 6.37. The molecule has 0 unspecified atom stereocenters. The molecule has 0 bridgehead atoms. The van der Waals surface area contributed by atoms with E-state index in [1.165, 1.54) is 35.7 Å². The molecule has 12 heteroatoms. The van der Waals surface area contributed by atoms with Crippen LogP contribution >= 0.6 is 11.8 Å². The molecule has 4 rings (SSSR count). The standard InChI is InChI=1S/C26H27F3N4O4S/c1-35-10-8-32(9-11-36-2)25-31-24(34)23(38-25)13-17-4-7-22-19(12-17)15-30-33(22)16-18-5-6-20(37-3)14-21(18)26(27,28)29/h4-7,12-15H,8-11,16H2,1-3H3/b23-13-. The molecule has 1 aliphatic heterocycles. The summed E-state index contributed by atoms with van der Waals surface area (Å²) in [5.74, 6) is -0.198. The Bertz CT molecular complexity index is 1360. The first-order valence-corrected chi connectivity index (χ1v) is 12.5. The molecule has 1 aromatic heterocycles. The highest BCUT2D eigenvalue weighted by molar-refractivity contribution is 8.18. The largest absolute Gasteiger partial charge is 0.497 e. The number of nitrogens with zero attached hydrogens (tertiary/aromatic N) is 4. The average molecular weight is 549 g/mol. The highest BCUT2D eigenvalue weighted by atomic mass is 32.2. The van der Waals surface area contributed by atoms with Gasteiger partial charge in [-0.3, -0.25) is 9.48 Å². The molecule has 0 atom stereocenters. The van der Waals surface area contributed by atoms with E-state index in [-0.39, 0.29) is 23.8 Å². The van der Waals surface area contributed by atoms with Crippen LogP contribution in [0.4, 0.5) is 13.2 Å². The summed E-state index contributed by atoms with van der Waals surface area (Å²) in [4.78, 5) is 19.2. The van der Waals surface area contributed by atoms with E-state index in [2.05, 4.69) is 10.1 Å². The Morgan fingerprint density at radius 2 is 1.79 bits per heavy atom. The van der Waals surface area contributed by atoms with E-state index >= 15 is 0 Å². The maximum Gasteiger partial charge on any atom is 0.416 e. The molecule has 0 aliphatic carbocycles. The Morgan fingerprint density at radius 3 is 2.45 bits per heavy atom. The van der Waals surface area contributed by atoms with Crippen molar-refractivity contribution in [2.45, 2.75) is 12.7 Å². The van der Waals surface area contributed by atoms with Gasteiger partial charge in [-0.15, -0.1) is 0 Å². The number of rotatable bonds is 10. The second kappa shape index (κ2) is 12.0. The van der Waals surface area contributed by atoms with Crippen molar-refractivity contribution in [3.05, 3.63) is 64.2 Å². The fourth-order valence-corrected chi connectivity index (χ4v) is 4.92. The molecule has 202 valence electrons. The number of aliphatic imine (C=N–C) groups is 1. The summed E-state index contributed by atoms with van der Waals surface area (Å²) in [6.07, 6.45) is -1.19. The molecule has 38 heavy (non-hydrogen) atoms. The number of thioether (sulfide) groups is 1. The maximum absolute atomic E-state index is 13.6. The number of ether oxygens (including phenoxy) is 3.